The number of phenols is 1. The largest absolute Gasteiger partial charge is 0.507 e. The summed E-state index contributed by atoms with van der Waals surface area (Å²) >= 11 is 1.65. The second-order valence-corrected chi connectivity index (χ2v) is 8.35. The van der Waals surface area contributed by atoms with E-state index in [0.717, 1.165) is 17.0 Å². The van der Waals surface area contributed by atoms with Crippen molar-refractivity contribution in [3.63, 3.8) is 0 Å². The lowest BCUT2D eigenvalue weighted by Crippen LogP contribution is -2.27. The summed E-state index contributed by atoms with van der Waals surface area (Å²) < 4.78 is 2.14. The standard InChI is InChI=1S/C23H20N2O3S/c1-23(2)19-5-3-4-6-20(19)24(22(23)10-7-16-11-12-29-15-16)14-17-13-18(25(27)28)8-9-21(17)26/h3-13,15H,14H2,1-2H3/p+1/b10-7+. The molecule has 0 bridgehead atoms. The van der Waals surface area contributed by atoms with E-state index in [1.54, 1.807) is 11.3 Å². The van der Waals surface area contributed by atoms with Gasteiger partial charge in [0.2, 0.25) is 5.69 Å². The van der Waals surface area contributed by atoms with Crippen LogP contribution < -0.4 is 0 Å². The molecule has 3 aromatic rings. The third-order valence-electron chi connectivity index (χ3n) is 5.38. The van der Waals surface area contributed by atoms with E-state index in [9.17, 15) is 15.2 Å². The van der Waals surface area contributed by atoms with Crippen molar-refractivity contribution in [3.8, 4) is 5.75 Å². The lowest BCUT2D eigenvalue weighted by molar-refractivity contribution is -0.455. The van der Waals surface area contributed by atoms with Gasteiger partial charge in [-0.3, -0.25) is 10.1 Å². The van der Waals surface area contributed by atoms with E-state index in [0.29, 0.717) is 12.1 Å². The third kappa shape index (κ3) is 3.47. The van der Waals surface area contributed by atoms with Gasteiger partial charge in [0.1, 0.15) is 5.75 Å². The predicted molar refractivity (Wildman–Crippen MR) is 116 cm³/mol. The fraction of sp³-hybridized carbons (Fsp3) is 0.174. The van der Waals surface area contributed by atoms with E-state index in [4.69, 9.17) is 0 Å². The van der Waals surface area contributed by atoms with Crippen molar-refractivity contribution in [2.24, 2.45) is 0 Å². The van der Waals surface area contributed by atoms with Gasteiger partial charge in [0.15, 0.2) is 12.3 Å². The van der Waals surface area contributed by atoms with Gasteiger partial charge in [-0.05, 0) is 48.4 Å². The van der Waals surface area contributed by atoms with Gasteiger partial charge in [-0.1, -0.05) is 18.2 Å². The summed E-state index contributed by atoms with van der Waals surface area (Å²) in [4.78, 5) is 10.8. The second-order valence-electron chi connectivity index (χ2n) is 7.57. The molecule has 0 saturated carbocycles. The fourth-order valence-electron chi connectivity index (χ4n) is 3.84. The molecule has 1 aromatic heterocycles. The van der Waals surface area contributed by atoms with Crippen LogP contribution in [0.1, 0.15) is 30.5 Å². The Labute approximate surface area is 173 Å². The maximum Gasteiger partial charge on any atom is 0.270 e. The number of rotatable bonds is 5. The van der Waals surface area contributed by atoms with E-state index in [2.05, 4.69) is 54.2 Å². The number of nitro benzene ring substituents is 1. The molecule has 1 aliphatic rings. The van der Waals surface area contributed by atoms with Crippen LogP contribution in [-0.2, 0) is 12.0 Å². The third-order valence-corrected chi connectivity index (χ3v) is 6.08. The molecule has 146 valence electrons. The van der Waals surface area contributed by atoms with Crippen molar-refractivity contribution < 1.29 is 14.6 Å². The maximum atomic E-state index is 11.2. The zero-order valence-corrected chi connectivity index (χ0v) is 17.0. The van der Waals surface area contributed by atoms with Gasteiger partial charge in [-0.15, -0.1) is 0 Å². The Morgan fingerprint density at radius 3 is 2.69 bits per heavy atom. The summed E-state index contributed by atoms with van der Waals surface area (Å²) in [7, 11) is 0. The number of aromatic hydroxyl groups is 1. The molecule has 0 amide bonds. The predicted octanol–water partition coefficient (Wildman–Crippen LogP) is 5.65. The zero-order valence-electron chi connectivity index (χ0n) is 16.2. The van der Waals surface area contributed by atoms with Crippen molar-refractivity contribution >= 4 is 34.5 Å². The lowest BCUT2D eigenvalue weighted by Gasteiger charge is -2.15. The van der Waals surface area contributed by atoms with Crippen LogP contribution >= 0.6 is 11.3 Å². The quantitative estimate of drug-likeness (QED) is 0.339. The van der Waals surface area contributed by atoms with Crippen molar-refractivity contribution in [2.75, 3.05) is 0 Å². The van der Waals surface area contributed by atoms with Crippen molar-refractivity contribution in [1.29, 1.82) is 0 Å². The first-order chi connectivity index (χ1) is 13.9. The molecule has 4 rings (SSSR count). The van der Waals surface area contributed by atoms with E-state index in [-0.39, 0.29) is 16.9 Å². The van der Waals surface area contributed by atoms with Gasteiger partial charge in [-0.25, -0.2) is 0 Å². The topological polar surface area (TPSA) is 66.4 Å². The SMILES string of the molecule is CC1(C)C(/C=C/c2ccsc2)=[N+](Cc2cc([N+](=O)[O-])ccc2O)c2ccccc21. The number of fused-ring (bicyclic) bond motifs is 1. The highest BCUT2D eigenvalue weighted by atomic mass is 32.1. The minimum atomic E-state index is -0.439. The molecule has 0 saturated heterocycles. The normalized spacial score (nSPS) is 15.1. The summed E-state index contributed by atoms with van der Waals surface area (Å²) in [5.74, 6) is 0.0546. The van der Waals surface area contributed by atoms with Crippen molar-refractivity contribution in [1.82, 2.24) is 0 Å². The Kier molecular flexibility index (Phi) is 4.80. The summed E-state index contributed by atoms with van der Waals surface area (Å²) in [5, 5.41) is 25.7. The minimum absolute atomic E-state index is 0.0279. The van der Waals surface area contributed by atoms with Gasteiger partial charge in [0.25, 0.3) is 5.69 Å². The molecular formula is C23H21N2O3S+. The molecule has 5 nitrogen and oxygen atoms in total. The first kappa shape index (κ1) is 19.1. The van der Waals surface area contributed by atoms with Crippen LogP contribution in [0.15, 0.2) is 65.4 Å². The Balaban J connectivity index is 1.85. The number of thiophene rings is 1. The molecule has 6 heteroatoms. The molecule has 2 aromatic carbocycles. The summed E-state index contributed by atoms with van der Waals surface area (Å²) in [6, 6.07) is 14.4. The first-order valence-corrected chi connectivity index (χ1v) is 10.2. The number of nitro groups is 1. The molecule has 0 aliphatic carbocycles. The monoisotopic (exact) mass is 405 g/mol. The van der Waals surface area contributed by atoms with E-state index in [1.165, 1.54) is 23.8 Å². The molecule has 1 aliphatic heterocycles. The van der Waals surface area contributed by atoms with Crippen LogP contribution in [0.5, 0.6) is 5.75 Å². The molecule has 0 fully saturated rings. The van der Waals surface area contributed by atoms with E-state index >= 15 is 0 Å². The number of hydrogen-bond acceptors (Lipinski definition) is 4. The summed E-state index contributed by atoms with van der Waals surface area (Å²) in [6.07, 6.45) is 4.19. The number of allylic oxidation sites excluding steroid dienone is 1. The highest BCUT2D eigenvalue weighted by molar-refractivity contribution is 7.08. The van der Waals surface area contributed by atoms with Crippen LogP contribution in [0.3, 0.4) is 0 Å². The fourth-order valence-corrected chi connectivity index (χ4v) is 4.47. The second kappa shape index (κ2) is 7.29. The van der Waals surface area contributed by atoms with Crippen LogP contribution in [0.25, 0.3) is 6.08 Å². The Morgan fingerprint density at radius 1 is 1.17 bits per heavy atom. The molecule has 0 spiro atoms. The molecule has 29 heavy (non-hydrogen) atoms. The minimum Gasteiger partial charge on any atom is -0.507 e. The van der Waals surface area contributed by atoms with Crippen molar-refractivity contribution in [2.45, 2.75) is 25.8 Å². The van der Waals surface area contributed by atoms with Crippen LogP contribution in [0.2, 0.25) is 0 Å². The summed E-state index contributed by atoms with van der Waals surface area (Å²) in [5.41, 5.74) is 4.71. The highest BCUT2D eigenvalue weighted by Gasteiger charge is 2.44. The van der Waals surface area contributed by atoms with Crippen LogP contribution in [-0.4, -0.2) is 20.3 Å². The Morgan fingerprint density at radius 2 is 1.97 bits per heavy atom. The van der Waals surface area contributed by atoms with Crippen LogP contribution in [0, 0.1) is 10.1 Å². The van der Waals surface area contributed by atoms with Crippen molar-refractivity contribution in [3.05, 3.63) is 92.2 Å². The van der Waals surface area contributed by atoms with E-state index < -0.39 is 4.92 Å². The summed E-state index contributed by atoms with van der Waals surface area (Å²) in [6.45, 7) is 4.69. The molecule has 0 unspecified atom stereocenters. The van der Waals surface area contributed by atoms with Gasteiger partial charge >= 0.3 is 0 Å². The van der Waals surface area contributed by atoms with Gasteiger partial charge in [0, 0.05) is 29.8 Å². The number of nitrogens with zero attached hydrogens (tertiary/aromatic N) is 2. The first-order valence-electron chi connectivity index (χ1n) is 9.29. The van der Waals surface area contributed by atoms with Gasteiger partial charge in [-0.2, -0.15) is 15.9 Å². The lowest BCUT2D eigenvalue weighted by atomic mass is 9.81. The maximum absolute atomic E-state index is 11.2. The Bertz CT molecular complexity index is 1140. The number of para-hydroxylation sites is 1. The molecular weight excluding hydrogens is 384 g/mol. The molecule has 1 N–H and O–H groups in total. The Hall–Kier alpha value is -3.25. The smallest absolute Gasteiger partial charge is 0.270 e. The number of non-ortho nitro benzene ring substituents is 1. The average molecular weight is 405 g/mol. The zero-order chi connectivity index (χ0) is 20.6. The molecule has 2 heterocycles. The van der Waals surface area contributed by atoms with E-state index in [1.807, 2.05) is 17.5 Å². The molecule has 0 atom stereocenters. The van der Waals surface area contributed by atoms with Crippen LogP contribution in [0.4, 0.5) is 11.4 Å². The number of phenolic OH excluding ortho intramolecular Hbond substituents is 1. The van der Waals surface area contributed by atoms with Gasteiger partial charge < -0.3 is 5.11 Å². The number of hydrogen-bond donors (Lipinski definition) is 1. The number of benzene rings is 2. The molecule has 0 radical (unpaired) electrons. The highest BCUT2D eigenvalue weighted by Crippen LogP contribution is 2.41. The van der Waals surface area contributed by atoms with Gasteiger partial charge in [0.05, 0.1) is 15.9 Å². The average Bonchev–Trinajstić information content (AvgIpc) is 3.28.